The SMILES string of the molecule is CCCOc1c2cccc1Cc1cc(Nc3nc(N)nc(NCc4ccncc4)n3)cc(c1OCCC)Cc1cccc(c1OCCC)Cc1cc(Nc3nc(N)nc(NCc4ccncc4)n3)cc(c1OCCC)C2. The first kappa shape index (κ1) is 52.1. The minimum absolute atomic E-state index is 0.0780. The molecule has 0 spiro atoms. The Morgan fingerprint density at radius 3 is 1.01 bits per heavy atom. The zero-order chi connectivity index (χ0) is 52.6. The van der Waals surface area contributed by atoms with Crippen molar-refractivity contribution in [2.75, 3.05) is 59.2 Å². The van der Waals surface area contributed by atoms with Crippen molar-refractivity contribution in [3.63, 3.8) is 0 Å². The lowest BCUT2D eigenvalue weighted by molar-refractivity contribution is 0.304. The molecule has 1 aliphatic carbocycles. The molecule has 4 aromatic carbocycles. The van der Waals surface area contributed by atoms with Crippen LogP contribution in [0.25, 0.3) is 0 Å². The number of para-hydroxylation sites is 2. The first-order valence-electron chi connectivity index (χ1n) is 26.1. The molecule has 0 aliphatic heterocycles. The number of rotatable bonds is 22. The number of fused-ring (bicyclic) bond motifs is 8. The fourth-order valence-corrected chi connectivity index (χ4v) is 9.07. The number of benzene rings is 4. The fourth-order valence-electron chi connectivity index (χ4n) is 9.07. The number of hydrogen-bond acceptors (Lipinski definition) is 18. The quantitative estimate of drug-likeness (QED) is 0.0370. The third kappa shape index (κ3) is 13.5. The lowest BCUT2D eigenvalue weighted by Gasteiger charge is -2.24. The first-order valence-corrected chi connectivity index (χ1v) is 26.1. The summed E-state index contributed by atoms with van der Waals surface area (Å²) in [6.45, 7) is 11.5. The van der Waals surface area contributed by atoms with Crippen LogP contribution in [0.3, 0.4) is 0 Å². The Labute approximate surface area is 443 Å². The minimum Gasteiger partial charge on any atom is -0.493 e. The summed E-state index contributed by atoms with van der Waals surface area (Å²) in [5.41, 5.74) is 24.0. The van der Waals surface area contributed by atoms with Gasteiger partial charge in [-0.25, -0.2) is 0 Å². The Kier molecular flexibility index (Phi) is 17.4. The Bertz CT molecular complexity index is 2910. The Balaban J connectivity index is 1.18. The van der Waals surface area contributed by atoms with Crippen LogP contribution in [0.15, 0.2) is 110 Å². The highest BCUT2D eigenvalue weighted by atomic mass is 16.5. The normalized spacial score (nSPS) is 11.8. The van der Waals surface area contributed by atoms with Gasteiger partial charge in [-0.15, -0.1) is 0 Å². The molecule has 9 rings (SSSR count). The molecule has 8 aromatic rings. The van der Waals surface area contributed by atoms with E-state index in [1.54, 1.807) is 24.8 Å². The van der Waals surface area contributed by atoms with Gasteiger partial charge in [-0.3, -0.25) is 9.97 Å². The number of pyridine rings is 2. The zero-order valence-corrected chi connectivity index (χ0v) is 43.7. The maximum absolute atomic E-state index is 6.83. The predicted molar refractivity (Wildman–Crippen MR) is 298 cm³/mol. The van der Waals surface area contributed by atoms with Gasteiger partial charge in [-0.2, -0.15) is 29.9 Å². The highest BCUT2D eigenvalue weighted by Crippen LogP contribution is 2.42. The molecule has 0 saturated heterocycles. The number of hydrogen-bond donors (Lipinski definition) is 6. The fraction of sp³-hybridized carbons (Fsp3) is 0.310. The van der Waals surface area contributed by atoms with Gasteiger partial charge in [0.15, 0.2) is 0 Å². The van der Waals surface area contributed by atoms with Crippen molar-refractivity contribution in [3.8, 4) is 23.0 Å². The van der Waals surface area contributed by atoms with Gasteiger partial charge in [0.1, 0.15) is 23.0 Å². The molecule has 18 nitrogen and oxygen atoms in total. The summed E-state index contributed by atoms with van der Waals surface area (Å²) in [5.74, 6) is 4.65. The van der Waals surface area contributed by atoms with E-state index in [9.17, 15) is 0 Å². The number of aromatic nitrogens is 8. The van der Waals surface area contributed by atoms with E-state index < -0.39 is 0 Å². The van der Waals surface area contributed by atoms with Crippen LogP contribution in [0, 0.1) is 0 Å². The number of nitrogen functional groups attached to an aromatic ring is 2. The van der Waals surface area contributed by atoms with Gasteiger partial charge in [0.2, 0.25) is 35.7 Å². The average molecular weight is 1020 g/mol. The Morgan fingerprint density at radius 1 is 0.395 bits per heavy atom. The van der Waals surface area contributed by atoms with Gasteiger partial charge >= 0.3 is 0 Å². The van der Waals surface area contributed by atoms with Crippen LogP contribution >= 0.6 is 0 Å². The molecule has 4 heterocycles. The van der Waals surface area contributed by atoms with Crippen LogP contribution in [-0.4, -0.2) is 66.3 Å². The summed E-state index contributed by atoms with van der Waals surface area (Å²) in [4.78, 5) is 35.6. The van der Waals surface area contributed by atoms with Gasteiger partial charge in [-0.1, -0.05) is 64.1 Å². The third-order valence-electron chi connectivity index (χ3n) is 12.4. The molecule has 4 aromatic heterocycles. The molecule has 0 fully saturated rings. The van der Waals surface area contributed by atoms with E-state index in [1.165, 1.54) is 0 Å². The highest BCUT2D eigenvalue weighted by Gasteiger charge is 2.24. The summed E-state index contributed by atoms with van der Waals surface area (Å²) >= 11 is 0. The Morgan fingerprint density at radius 2 is 0.697 bits per heavy atom. The standard InChI is InChI=1S/C58H66N14O4/c1-5-23-73-49-39-11-9-12-40(49)28-44-32-48(66-58-70-54(60)68-56(72-58)64-36-38-17-21-62-22-18-38)34-46(52(44)76-26-8-4)30-42-14-10-13-41(50(42)74-24-6-2)29-45-33-47(31-43(27-39)51(45)75-25-7-3)65-57-69-53(59)67-55(71-57)63-35-37-15-19-61-20-16-37/h9-22,31-34H,5-8,23-30,35-36H2,1-4H3,(H4,59,63,65,67,69,71)(H4,60,64,66,68,70,72). The topological polar surface area (TPSA) is 240 Å². The van der Waals surface area contributed by atoms with Crippen molar-refractivity contribution in [1.82, 2.24) is 39.9 Å². The van der Waals surface area contributed by atoms with E-state index in [0.717, 1.165) is 116 Å². The summed E-state index contributed by atoms with van der Waals surface area (Å²) in [6, 6.07) is 28.9. The van der Waals surface area contributed by atoms with E-state index >= 15 is 0 Å². The number of nitrogens with one attached hydrogen (secondary N) is 4. The first-order chi connectivity index (χ1) is 37.2. The van der Waals surface area contributed by atoms with Crippen LogP contribution in [-0.2, 0) is 38.8 Å². The summed E-state index contributed by atoms with van der Waals surface area (Å²) in [5, 5.41) is 13.6. The Hall–Kier alpha value is -8.80. The lowest BCUT2D eigenvalue weighted by atomic mass is 9.90. The lowest BCUT2D eigenvalue weighted by Crippen LogP contribution is -2.12. The number of nitrogens with two attached hydrogens (primary N) is 2. The van der Waals surface area contributed by atoms with Crippen molar-refractivity contribution in [3.05, 3.63) is 165 Å². The molecule has 392 valence electrons. The average Bonchev–Trinajstić information content (AvgIpc) is 3.42. The van der Waals surface area contributed by atoms with Gasteiger partial charge in [0, 0.05) is 97.2 Å². The van der Waals surface area contributed by atoms with Crippen molar-refractivity contribution < 1.29 is 18.9 Å². The maximum atomic E-state index is 6.83. The monoisotopic (exact) mass is 1020 g/mol. The molecule has 1 aliphatic rings. The van der Waals surface area contributed by atoms with Crippen molar-refractivity contribution in [2.45, 2.75) is 92.2 Å². The maximum Gasteiger partial charge on any atom is 0.233 e. The number of ether oxygens (including phenoxy) is 4. The van der Waals surface area contributed by atoms with E-state index in [1.807, 2.05) is 24.3 Å². The van der Waals surface area contributed by atoms with Crippen LogP contribution in [0.1, 0.15) is 109 Å². The molecule has 76 heavy (non-hydrogen) atoms. The second-order valence-corrected chi connectivity index (χ2v) is 18.5. The highest BCUT2D eigenvalue weighted by molar-refractivity contribution is 5.67. The van der Waals surface area contributed by atoms with Crippen molar-refractivity contribution >= 4 is 47.1 Å². The van der Waals surface area contributed by atoms with Gasteiger partial charge in [0.25, 0.3) is 0 Å². The summed E-state index contributed by atoms with van der Waals surface area (Å²) in [7, 11) is 0. The van der Waals surface area contributed by atoms with E-state index in [0.29, 0.717) is 89.0 Å². The number of anilines is 8. The predicted octanol–water partition coefficient (Wildman–Crippen LogP) is 10.6. The van der Waals surface area contributed by atoms with Crippen molar-refractivity contribution in [2.24, 2.45) is 0 Å². The summed E-state index contributed by atoms with van der Waals surface area (Å²) < 4.78 is 27.3. The molecular weight excluding hydrogens is 957 g/mol. The van der Waals surface area contributed by atoms with Crippen LogP contribution in [0.5, 0.6) is 23.0 Å². The molecule has 8 bridgehead atoms. The van der Waals surface area contributed by atoms with Gasteiger partial charge < -0.3 is 51.7 Å². The second-order valence-electron chi connectivity index (χ2n) is 18.5. The van der Waals surface area contributed by atoms with Gasteiger partial charge in [-0.05, 0) is 108 Å². The van der Waals surface area contributed by atoms with Gasteiger partial charge in [0.05, 0.1) is 26.4 Å². The van der Waals surface area contributed by atoms with Crippen LogP contribution < -0.4 is 51.7 Å². The molecule has 0 atom stereocenters. The molecule has 0 unspecified atom stereocenters. The summed E-state index contributed by atoms with van der Waals surface area (Å²) in [6.07, 6.45) is 12.2. The zero-order valence-electron chi connectivity index (χ0n) is 43.7. The second kappa shape index (κ2) is 25.4. The minimum atomic E-state index is 0.0780. The molecule has 0 radical (unpaired) electrons. The van der Waals surface area contributed by atoms with Crippen molar-refractivity contribution in [1.29, 1.82) is 0 Å². The molecule has 0 saturated carbocycles. The van der Waals surface area contributed by atoms with E-state index in [4.69, 9.17) is 40.4 Å². The number of nitrogens with zero attached hydrogens (tertiary/aromatic N) is 8. The third-order valence-corrected chi connectivity index (χ3v) is 12.4. The largest absolute Gasteiger partial charge is 0.493 e. The smallest absolute Gasteiger partial charge is 0.233 e. The molecule has 18 heteroatoms. The molecule has 8 N–H and O–H groups in total. The van der Waals surface area contributed by atoms with E-state index in [2.05, 4.69) is 140 Å². The van der Waals surface area contributed by atoms with E-state index in [-0.39, 0.29) is 11.9 Å². The van der Waals surface area contributed by atoms with Crippen LogP contribution in [0.4, 0.5) is 47.1 Å². The molecule has 0 amide bonds. The molecular formula is C58H66N14O4. The van der Waals surface area contributed by atoms with Crippen LogP contribution in [0.2, 0.25) is 0 Å².